The third-order valence-corrected chi connectivity index (χ3v) is 2.62. The molecular weight excluding hydrogens is 214 g/mol. The Morgan fingerprint density at radius 1 is 1.47 bits per heavy atom. The molecule has 3 nitrogen and oxygen atoms in total. The number of hydrogen-bond donors (Lipinski definition) is 1. The van der Waals surface area contributed by atoms with E-state index in [2.05, 4.69) is 0 Å². The van der Waals surface area contributed by atoms with Crippen LogP contribution in [0.4, 0.5) is 5.69 Å². The van der Waals surface area contributed by atoms with Crippen LogP contribution < -0.4 is 4.90 Å². The SMILES string of the molecule is CC(CC(=O)O)N(C)c1ccc(Cl)cc1. The zero-order valence-electron chi connectivity index (χ0n) is 8.77. The van der Waals surface area contributed by atoms with Gasteiger partial charge in [-0.05, 0) is 31.2 Å². The predicted octanol–water partition coefficient (Wildman–Crippen LogP) is 2.64. The number of benzene rings is 1. The fraction of sp³-hybridized carbons (Fsp3) is 0.364. The summed E-state index contributed by atoms with van der Waals surface area (Å²) in [7, 11) is 1.87. The first kappa shape index (κ1) is 11.9. The second-order valence-electron chi connectivity index (χ2n) is 3.53. The molecule has 1 unspecified atom stereocenters. The van der Waals surface area contributed by atoms with Crippen molar-refractivity contribution in [3.63, 3.8) is 0 Å². The highest BCUT2D eigenvalue weighted by Crippen LogP contribution is 2.19. The minimum atomic E-state index is -0.789. The van der Waals surface area contributed by atoms with Crippen molar-refractivity contribution in [2.45, 2.75) is 19.4 Å². The van der Waals surface area contributed by atoms with Gasteiger partial charge in [0, 0.05) is 23.8 Å². The van der Waals surface area contributed by atoms with Crippen LogP contribution in [0.2, 0.25) is 5.02 Å². The molecule has 1 N–H and O–H groups in total. The highest BCUT2D eigenvalue weighted by molar-refractivity contribution is 6.30. The number of rotatable bonds is 4. The normalized spacial score (nSPS) is 12.2. The Morgan fingerprint density at radius 3 is 2.47 bits per heavy atom. The second-order valence-corrected chi connectivity index (χ2v) is 3.97. The summed E-state index contributed by atoms with van der Waals surface area (Å²) in [6.07, 6.45) is 0.124. The van der Waals surface area contributed by atoms with E-state index in [0.29, 0.717) is 5.02 Å². The molecule has 0 aliphatic carbocycles. The lowest BCUT2D eigenvalue weighted by Crippen LogP contribution is -2.30. The van der Waals surface area contributed by atoms with Crippen LogP contribution in [0, 0.1) is 0 Å². The van der Waals surface area contributed by atoms with E-state index in [1.54, 1.807) is 12.1 Å². The highest BCUT2D eigenvalue weighted by Gasteiger charge is 2.13. The van der Waals surface area contributed by atoms with Gasteiger partial charge in [0.05, 0.1) is 6.42 Å². The van der Waals surface area contributed by atoms with Gasteiger partial charge < -0.3 is 10.0 Å². The van der Waals surface area contributed by atoms with E-state index in [-0.39, 0.29) is 12.5 Å². The molecule has 0 spiro atoms. The Labute approximate surface area is 94.3 Å². The Bertz CT molecular complexity index is 337. The van der Waals surface area contributed by atoms with Gasteiger partial charge in [-0.25, -0.2) is 0 Å². The molecule has 15 heavy (non-hydrogen) atoms. The fourth-order valence-electron chi connectivity index (χ4n) is 1.32. The average Bonchev–Trinajstić information content (AvgIpc) is 2.17. The molecule has 82 valence electrons. The van der Waals surface area contributed by atoms with Gasteiger partial charge in [-0.2, -0.15) is 0 Å². The molecule has 0 aliphatic rings. The standard InChI is InChI=1S/C11H14ClNO2/c1-8(7-11(14)15)13(2)10-5-3-9(12)4-6-10/h3-6,8H,7H2,1-2H3,(H,14,15). The number of carboxylic acids is 1. The van der Waals surface area contributed by atoms with E-state index < -0.39 is 5.97 Å². The van der Waals surface area contributed by atoms with Crippen molar-refractivity contribution >= 4 is 23.3 Å². The third kappa shape index (κ3) is 3.44. The summed E-state index contributed by atoms with van der Waals surface area (Å²) in [5, 5.41) is 9.35. The van der Waals surface area contributed by atoms with Crippen molar-refractivity contribution in [3.05, 3.63) is 29.3 Å². The quantitative estimate of drug-likeness (QED) is 0.860. The molecular formula is C11H14ClNO2. The lowest BCUT2D eigenvalue weighted by atomic mass is 10.2. The zero-order chi connectivity index (χ0) is 11.4. The number of nitrogens with zero attached hydrogens (tertiary/aromatic N) is 1. The third-order valence-electron chi connectivity index (χ3n) is 2.37. The highest BCUT2D eigenvalue weighted by atomic mass is 35.5. The Hall–Kier alpha value is -1.22. The van der Waals surface area contributed by atoms with E-state index in [0.717, 1.165) is 5.69 Å². The van der Waals surface area contributed by atoms with Crippen molar-refractivity contribution in [3.8, 4) is 0 Å². The Morgan fingerprint density at radius 2 is 2.00 bits per heavy atom. The van der Waals surface area contributed by atoms with E-state index >= 15 is 0 Å². The zero-order valence-corrected chi connectivity index (χ0v) is 9.53. The summed E-state index contributed by atoms with van der Waals surface area (Å²) < 4.78 is 0. The summed E-state index contributed by atoms with van der Waals surface area (Å²) in [6, 6.07) is 7.30. The summed E-state index contributed by atoms with van der Waals surface area (Å²) in [4.78, 5) is 12.5. The van der Waals surface area contributed by atoms with Crippen LogP contribution in [0.15, 0.2) is 24.3 Å². The maximum absolute atomic E-state index is 10.6. The molecule has 0 amide bonds. The van der Waals surface area contributed by atoms with Gasteiger partial charge in [-0.1, -0.05) is 11.6 Å². The smallest absolute Gasteiger partial charge is 0.305 e. The number of carboxylic acid groups (broad SMARTS) is 1. The number of aliphatic carboxylic acids is 1. The lowest BCUT2D eigenvalue weighted by molar-refractivity contribution is -0.137. The maximum Gasteiger partial charge on any atom is 0.305 e. The van der Waals surface area contributed by atoms with Crippen molar-refractivity contribution in [2.75, 3.05) is 11.9 Å². The fourth-order valence-corrected chi connectivity index (χ4v) is 1.45. The molecule has 0 aliphatic heterocycles. The molecule has 0 saturated carbocycles. The van der Waals surface area contributed by atoms with Crippen LogP contribution in [-0.2, 0) is 4.79 Å². The molecule has 1 atom stereocenters. The molecule has 0 heterocycles. The van der Waals surface area contributed by atoms with Gasteiger partial charge in [0.1, 0.15) is 0 Å². The molecule has 1 aromatic rings. The Balaban J connectivity index is 2.71. The van der Waals surface area contributed by atoms with E-state index in [1.165, 1.54) is 0 Å². The minimum absolute atomic E-state index is 0.0383. The van der Waals surface area contributed by atoms with Gasteiger partial charge in [-0.3, -0.25) is 4.79 Å². The molecule has 0 saturated heterocycles. The van der Waals surface area contributed by atoms with Crippen molar-refractivity contribution in [2.24, 2.45) is 0 Å². The first-order valence-corrected chi connectivity index (χ1v) is 5.08. The van der Waals surface area contributed by atoms with E-state index in [9.17, 15) is 4.79 Å². The van der Waals surface area contributed by atoms with Crippen molar-refractivity contribution < 1.29 is 9.90 Å². The maximum atomic E-state index is 10.6. The Kier molecular flexibility index (Phi) is 3.97. The lowest BCUT2D eigenvalue weighted by Gasteiger charge is -2.25. The minimum Gasteiger partial charge on any atom is -0.481 e. The second kappa shape index (κ2) is 5.03. The van der Waals surface area contributed by atoms with Gasteiger partial charge in [0.25, 0.3) is 0 Å². The van der Waals surface area contributed by atoms with Crippen LogP contribution in [0.1, 0.15) is 13.3 Å². The van der Waals surface area contributed by atoms with Gasteiger partial charge in [0.15, 0.2) is 0 Å². The summed E-state index contributed by atoms with van der Waals surface area (Å²) >= 11 is 5.77. The van der Waals surface area contributed by atoms with Crippen molar-refractivity contribution in [1.29, 1.82) is 0 Å². The van der Waals surface area contributed by atoms with Crippen LogP contribution in [0.25, 0.3) is 0 Å². The average molecular weight is 228 g/mol. The van der Waals surface area contributed by atoms with Gasteiger partial charge in [0.2, 0.25) is 0 Å². The van der Waals surface area contributed by atoms with Crippen LogP contribution in [-0.4, -0.2) is 24.2 Å². The molecule has 0 fully saturated rings. The largest absolute Gasteiger partial charge is 0.481 e. The summed E-state index contributed by atoms with van der Waals surface area (Å²) in [5.41, 5.74) is 0.966. The molecule has 1 aromatic carbocycles. The number of halogens is 1. The summed E-state index contributed by atoms with van der Waals surface area (Å²) in [6.45, 7) is 1.88. The molecule has 4 heteroatoms. The topological polar surface area (TPSA) is 40.5 Å². The van der Waals surface area contributed by atoms with Crippen LogP contribution in [0.3, 0.4) is 0 Å². The van der Waals surface area contributed by atoms with Crippen LogP contribution in [0.5, 0.6) is 0 Å². The van der Waals surface area contributed by atoms with Crippen molar-refractivity contribution in [1.82, 2.24) is 0 Å². The predicted molar refractivity (Wildman–Crippen MR) is 61.6 cm³/mol. The molecule has 0 aromatic heterocycles. The van der Waals surface area contributed by atoms with Gasteiger partial charge in [-0.15, -0.1) is 0 Å². The molecule has 0 radical (unpaired) electrons. The first-order valence-electron chi connectivity index (χ1n) is 4.71. The number of hydrogen-bond acceptors (Lipinski definition) is 2. The summed E-state index contributed by atoms with van der Waals surface area (Å²) in [5.74, 6) is -0.789. The van der Waals surface area contributed by atoms with Gasteiger partial charge >= 0.3 is 5.97 Å². The first-order chi connectivity index (χ1) is 7.00. The van der Waals surface area contributed by atoms with Crippen LogP contribution >= 0.6 is 11.6 Å². The molecule has 1 rings (SSSR count). The molecule has 0 bridgehead atoms. The van der Waals surface area contributed by atoms with E-state index in [1.807, 2.05) is 31.0 Å². The monoisotopic (exact) mass is 227 g/mol. The number of carbonyl (C=O) groups is 1. The van der Waals surface area contributed by atoms with E-state index in [4.69, 9.17) is 16.7 Å². The number of anilines is 1.